The fourth-order valence-corrected chi connectivity index (χ4v) is 2.37. The molecule has 104 valence electrons. The van der Waals surface area contributed by atoms with Crippen molar-refractivity contribution in [1.29, 1.82) is 0 Å². The zero-order valence-corrected chi connectivity index (χ0v) is 11.2. The summed E-state index contributed by atoms with van der Waals surface area (Å²) < 4.78 is 5.66. The van der Waals surface area contributed by atoms with Crippen molar-refractivity contribution in [3.63, 3.8) is 0 Å². The van der Waals surface area contributed by atoms with Crippen LogP contribution in [0.5, 0.6) is 5.75 Å². The van der Waals surface area contributed by atoms with Crippen molar-refractivity contribution in [3.8, 4) is 5.75 Å². The fourth-order valence-electron chi connectivity index (χ4n) is 2.37. The molecule has 0 radical (unpaired) electrons. The Morgan fingerprint density at radius 2 is 2.37 bits per heavy atom. The number of rotatable bonds is 6. The van der Waals surface area contributed by atoms with E-state index in [-0.39, 0.29) is 5.69 Å². The molecule has 0 saturated carbocycles. The first-order valence-corrected chi connectivity index (χ1v) is 6.78. The third kappa shape index (κ3) is 3.92. The number of hydrogen-bond acceptors (Lipinski definition) is 4. The molecular weight excluding hydrogens is 244 g/mol. The number of nitrogens with one attached hydrogen (secondary N) is 1. The van der Waals surface area contributed by atoms with Crippen LogP contribution in [0, 0.1) is 17.0 Å². The highest BCUT2D eigenvalue weighted by molar-refractivity contribution is 5.43. The molecule has 1 aromatic rings. The second-order valence-corrected chi connectivity index (χ2v) is 4.99. The molecule has 1 N–H and O–H groups in total. The van der Waals surface area contributed by atoms with E-state index >= 15 is 0 Å². The molecule has 19 heavy (non-hydrogen) atoms. The molecule has 1 fully saturated rings. The zero-order chi connectivity index (χ0) is 13.7. The van der Waals surface area contributed by atoms with Crippen LogP contribution in [0.1, 0.15) is 31.2 Å². The summed E-state index contributed by atoms with van der Waals surface area (Å²) in [5, 5.41) is 14.2. The quantitative estimate of drug-likeness (QED) is 0.487. The lowest BCUT2D eigenvalue weighted by Crippen LogP contribution is -2.21. The molecule has 1 aliphatic rings. The number of ether oxygens (including phenoxy) is 1. The highest BCUT2D eigenvalue weighted by Crippen LogP contribution is 2.24. The number of aryl methyl sites for hydroxylation is 1. The number of nitro groups is 1. The minimum Gasteiger partial charge on any atom is -0.493 e. The molecular formula is C14H20N2O3. The Hall–Kier alpha value is -1.62. The summed E-state index contributed by atoms with van der Waals surface area (Å²) in [7, 11) is 0. The molecule has 1 heterocycles. The van der Waals surface area contributed by atoms with Gasteiger partial charge in [-0.25, -0.2) is 0 Å². The summed E-state index contributed by atoms with van der Waals surface area (Å²) in [5.74, 6) is 0.619. The monoisotopic (exact) mass is 264 g/mol. The molecule has 0 spiro atoms. The minimum atomic E-state index is -0.394. The maximum absolute atomic E-state index is 10.7. The van der Waals surface area contributed by atoms with Gasteiger partial charge in [0, 0.05) is 12.1 Å². The van der Waals surface area contributed by atoms with Gasteiger partial charge in [0.05, 0.1) is 17.6 Å². The minimum absolute atomic E-state index is 0.0815. The predicted molar refractivity (Wildman–Crippen MR) is 73.6 cm³/mol. The summed E-state index contributed by atoms with van der Waals surface area (Å²) in [5.41, 5.74) is 1.02. The molecule has 0 aromatic heterocycles. The van der Waals surface area contributed by atoms with Crippen LogP contribution >= 0.6 is 0 Å². The van der Waals surface area contributed by atoms with E-state index in [1.807, 2.05) is 6.92 Å². The first kappa shape index (κ1) is 13.8. The van der Waals surface area contributed by atoms with Gasteiger partial charge in [0.2, 0.25) is 0 Å². The molecule has 1 aliphatic heterocycles. The van der Waals surface area contributed by atoms with Crippen LogP contribution in [-0.2, 0) is 0 Å². The first-order valence-electron chi connectivity index (χ1n) is 6.78. The summed E-state index contributed by atoms with van der Waals surface area (Å²) in [6.07, 6.45) is 4.58. The molecule has 5 heteroatoms. The van der Waals surface area contributed by atoms with Crippen LogP contribution in [0.25, 0.3) is 0 Å². The third-order valence-corrected chi connectivity index (χ3v) is 3.50. The van der Waals surface area contributed by atoms with Crippen molar-refractivity contribution in [2.75, 3.05) is 13.2 Å². The highest BCUT2D eigenvalue weighted by Gasteiger charge is 2.13. The number of nitro benzene ring substituents is 1. The number of hydrogen-bond donors (Lipinski definition) is 1. The first-order chi connectivity index (χ1) is 9.16. The van der Waals surface area contributed by atoms with Gasteiger partial charge in [0.15, 0.2) is 0 Å². The topological polar surface area (TPSA) is 64.4 Å². The van der Waals surface area contributed by atoms with Crippen LogP contribution in [-0.4, -0.2) is 24.1 Å². The van der Waals surface area contributed by atoms with Gasteiger partial charge in [0.25, 0.3) is 5.69 Å². The van der Waals surface area contributed by atoms with E-state index in [1.54, 1.807) is 6.07 Å². The maximum atomic E-state index is 10.7. The van der Waals surface area contributed by atoms with Gasteiger partial charge in [-0.15, -0.1) is 0 Å². The van der Waals surface area contributed by atoms with Gasteiger partial charge >= 0.3 is 0 Å². The van der Waals surface area contributed by atoms with Gasteiger partial charge in [-0.1, -0.05) is 0 Å². The molecule has 1 unspecified atom stereocenters. The van der Waals surface area contributed by atoms with Crippen molar-refractivity contribution < 1.29 is 9.66 Å². The van der Waals surface area contributed by atoms with Crippen molar-refractivity contribution in [2.45, 2.75) is 38.6 Å². The van der Waals surface area contributed by atoms with Gasteiger partial charge in [-0.2, -0.15) is 0 Å². The standard InChI is InChI=1S/C14H20N2O3/c1-11-6-7-13(16(17)18)10-14(11)19-9-3-5-12-4-2-8-15-12/h6-7,10,12,15H,2-5,8-9H2,1H3. The maximum Gasteiger partial charge on any atom is 0.273 e. The number of non-ortho nitro benzene ring substituents is 1. The lowest BCUT2D eigenvalue weighted by atomic mass is 10.1. The average Bonchev–Trinajstić information content (AvgIpc) is 2.89. The van der Waals surface area contributed by atoms with E-state index in [0.717, 1.165) is 24.9 Å². The summed E-state index contributed by atoms with van der Waals surface area (Å²) >= 11 is 0. The van der Waals surface area contributed by atoms with Crippen LogP contribution in [0.4, 0.5) is 5.69 Å². The molecule has 1 saturated heterocycles. The molecule has 5 nitrogen and oxygen atoms in total. The molecule has 0 bridgehead atoms. The fraction of sp³-hybridized carbons (Fsp3) is 0.571. The summed E-state index contributed by atoms with van der Waals surface area (Å²) in [6.45, 7) is 3.63. The Kier molecular flexibility index (Phi) is 4.74. The van der Waals surface area contributed by atoms with Gasteiger partial charge in [-0.05, 0) is 50.8 Å². The van der Waals surface area contributed by atoms with Gasteiger partial charge in [-0.3, -0.25) is 10.1 Å². The second kappa shape index (κ2) is 6.52. The predicted octanol–water partition coefficient (Wildman–Crippen LogP) is 2.81. The van der Waals surface area contributed by atoms with E-state index in [9.17, 15) is 10.1 Å². The molecule has 1 aromatic carbocycles. The summed E-state index contributed by atoms with van der Waals surface area (Å²) in [4.78, 5) is 10.3. The lowest BCUT2D eigenvalue weighted by Gasteiger charge is -2.11. The Labute approximate surface area is 113 Å². The van der Waals surface area contributed by atoms with Crippen molar-refractivity contribution in [3.05, 3.63) is 33.9 Å². The second-order valence-electron chi connectivity index (χ2n) is 4.99. The number of benzene rings is 1. The Morgan fingerprint density at radius 1 is 1.53 bits per heavy atom. The van der Waals surface area contributed by atoms with Crippen LogP contribution in [0.2, 0.25) is 0 Å². The largest absolute Gasteiger partial charge is 0.493 e. The SMILES string of the molecule is Cc1ccc([N+](=O)[O-])cc1OCCCC1CCCN1. The van der Waals surface area contributed by atoms with Crippen LogP contribution in [0.3, 0.4) is 0 Å². The van der Waals surface area contributed by atoms with Crippen LogP contribution in [0.15, 0.2) is 18.2 Å². The average molecular weight is 264 g/mol. The van der Waals surface area contributed by atoms with Crippen LogP contribution < -0.4 is 10.1 Å². The lowest BCUT2D eigenvalue weighted by molar-refractivity contribution is -0.384. The van der Waals surface area contributed by atoms with E-state index in [2.05, 4.69) is 5.32 Å². The van der Waals surface area contributed by atoms with E-state index in [1.165, 1.54) is 25.0 Å². The normalized spacial score (nSPS) is 18.5. The third-order valence-electron chi connectivity index (χ3n) is 3.50. The molecule has 2 rings (SSSR count). The number of nitrogens with zero attached hydrogens (tertiary/aromatic N) is 1. The molecule has 0 aliphatic carbocycles. The molecule has 0 amide bonds. The summed E-state index contributed by atoms with van der Waals surface area (Å²) in [6, 6.07) is 5.36. The van der Waals surface area contributed by atoms with Gasteiger partial charge < -0.3 is 10.1 Å². The van der Waals surface area contributed by atoms with E-state index in [4.69, 9.17) is 4.74 Å². The van der Waals surface area contributed by atoms with E-state index < -0.39 is 4.92 Å². The van der Waals surface area contributed by atoms with Crippen molar-refractivity contribution >= 4 is 5.69 Å². The Balaban J connectivity index is 1.81. The smallest absolute Gasteiger partial charge is 0.273 e. The highest BCUT2D eigenvalue weighted by atomic mass is 16.6. The molecule has 1 atom stereocenters. The van der Waals surface area contributed by atoms with E-state index in [0.29, 0.717) is 18.4 Å². The Bertz CT molecular complexity index is 442. The zero-order valence-electron chi connectivity index (χ0n) is 11.2. The van der Waals surface area contributed by atoms with Gasteiger partial charge in [0.1, 0.15) is 5.75 Å². The van der Waals surface area contributed by atoms with Crippen molar-refractivity contribution in [1.82, 2.24) is 5.32 Å². The van der Waals surface area contributed by atoms with Crippen molar-refractivity contribution in [2.24, 2.45) is 0 Å². The Morgan fingerprint density at radius 3 is 3.05 bits per heavy atom.